The molecule has 19 heavy (non-hydrogen) atoms. The molecule has 0 aliphatic carbocycles. The van der Waals surface area contributed by atoms with E-state index >= 15 is 0 Å². The van der Waals surface area contributed by atoms with Crippen LogP contribution in [0.15, 0.2) is 18.2 Å². The van der Waals surface area contributed by atoms with Gasteiger partial charge >= 0.3 is 0 Å². The van der Waals surface area contributed by atoms with Gasteiger partial charge in [-0.2, -0.15) is 0 Å². The predicted octanol–water partition coefficient (Wildman–Crippen LogP) is 3.42. The fraction of sp³-hybridized carbons (Fsp3) is 0.500. The zero-order valence-corrected chi connectivity index (χ0v) is 11.5. The molecule has 0 unspecified atom stereocenters. The first kappa shape index (κ1) is 15.9. The normalized spacial score (nSPS) is 10.5. The van der Waals surface area contributed by atoms with Crippen molar-refractivity contribution in [2.75, 3.05) is 12.4 Å². The van der Waals surface area contributed by atoms with E-state index in [0.29, 0.717) is 18.0 Å². The monoisotopic (exact) mass is 289 g/mol. The van der Waals surface area contributed by atoms with Crippen molar-refractivity contribution in [2.45, 2.75) is 32.1 Å². The number of unbranched alkanes of at least 4 members (excludes halogenated alkanes) is 3. The Balaban J connectivity index is 2.21. The summed E-state index contributed by atoms with van der Waals surface area (Å²) in [6.07, 6.45) is 4.05. The summed E-state index contributed by atoms with van der Waals surface area (Å²) in [6, 6.07) is 3.50. The first-order chi connectivity index (χ1) is 9.13. The molecule has 0 fully saturated rings. The zero-order chi connectivity index (χ0) is 14.1. The Morgan fingerprint density at radius 1 is 1.11 bits per heavy atom. The molecule has 0 saturated heterocycles. The van der Waals surface area contributed by atoms with Gasteiger partial charge in [0.05, 0.1) is 6.42 Å². The van der Waals surface area contributed by atoms with E-state index in [1.54, 1.807) is 0 Å². The highest BCUT2D eigenvalue weighted by Gasteiger charge is 2.06. The van der Waals surface area contributed by atoms with Crippen molar-refractivity contribution in [3.8, 4) is 0 Å². The lowest BCUT2D eigenvalue weighted by Crippen LogP contribution is -2.26. The topological polar surface area (TPSA) is 29.1 Å². The highest BCUT2D eigenvalue weighted by atomic mass is 35.5. The molecule has 0 heterocycles. The molecule has 0 aliphatic rings. The number of carbonyl (C=O) groups excluding carboxylic acids is 1. The quantitative estimate of drug-likeness (QED) is 0.576. The van der Waals surface area contributed by atoms with Crippen molar-refractivity contribution < 1.29 is 13.6 Å². The molecular formula is C14H18ClF2NO. The summed E-state index contributed by atoms with van der Waals surface area (Å²) < 4.78 is 25.6. The van der Waals surface area contributed by atoms with Crippen LogP contribution in [0.5, 0.6) is 0 Å². The maximum atomic E-state index is 12.9. The number of halogens is 3. The summed E-state index contributed by atoms with van der Waals surface area (Å²) in [7, 11) is 0. The Morgan fingerprint density at radius 3 is 2.53 bits per heavy atom. The van der Waals surface area contributed by atoms with E-state index in [9.17, 15) is 13.6 Å². The molecule has 0 spiro atoms. The number of alkyl halides is 1. The molecule has 2 nitrogen and oxygen atoms in total. The fourth-order valence-corrected chi connectivity index (χ4v) is 1.89. The van der Waals surface area contributed by atoms with Crippen LogP contribution in [0.25, 0.3) is 0 Å². The van der Waals surface area contributed by atoms with E-state index < -0.39 is 11.6 Å². The maximum Gasteiger partial charge on any atom is 0.224 e. The van der Waals surface area contributed by atoms with Crippen molar-refractivity contribution in [3.05, 3.63) is 35.4 Å². The Hall–Kier alpha value is -1.16. The van der Waals surface area contributed by atoms with Crippen molar-refractivity contribution in [2.24, 2.45) is 0 Å². The first-order valence-electron chi connectivity index (χ1n) is 6.40. The molecule has 0 bridgehead atoms. The minimum atomic E-state index is -0.925. The zero-order valence-electron chi connectivity index (χ0n) is 10.7. The number of nitrogens with one attached hydrogen (secondary N) is 1. The SMILES string of the molecule is O=C(Cc1ccc(F)c(F)c1)NCCCCCCCl. The van der Waals surface area contributed by atoms with E-state index in [-0.39, 0.29) is 12.3 Å². The maximum absolute atomic E-state index is 12.9. The van der Waals surface area contributed by atoms with Gasteiger partial charge in [0.15, 0.2) is 11.6 Å². The molecular weight excluding hydrogens is 272 g/mol. The van der Waals surface area contributed by atoms with Crippen LogP contribution in [0, 0.1) is 11.6 Å². The summed E-state index contributed by atoms with van der Waals surface area (Å²) in [5, 5.41) is 2.75. The van der Waals surface area contributed by atoms with Crippen LogP contribution in [0.4, 0.5) is 8.78 Å². The lowest BCUT2D eigenvalue weighted by atomic mass is 10.1. The van der Waals surface area contributed by atoms with Crippen molar-refractivity contribution in [1.82, 2.24) is 5.32 Å². The van der Waals surface area contributed by atoms with Crippen LogP contribution in [0.3, 0.4) is 0 Å². The van der Waals surface area contributed by atoms with Crippen LogP contribution >= 0.6 is 11.6 Å². The summed E-state index contributed by atoms with van der Waals surface area (Å²) in [6.45, 7) is 0.602. The number of carbonyl (C=O) groups is 1. The number of rotatable bonds is 8. The van der Waals surface area contributed by atoms with Crippen molar-refractivity contribution in [1.29, 1.82) is 0 Å². The van der Waals surface area contributed by atoms with Gasteiger partial charge < -0.3 is 5.32 Å². The predicted molar refractivity (Wildman–Crippen MR) is 72.3 cm³/mol. The van der Waals surface area contributed by atoms with Gasteiger partial charge in [-0.1, -0.05) is 18.9 Å². The lowest BCUT2D eigenvalue weighted by molar-refractivity contribution is -0.120. The molecule has 0 aliphatic heterocycles. The molecule has 1 aromatic rings. The third-order valence-corrected chi connectivity index (χ3v) is 3.00. The standard InChI is InChI=1S/C14H18ClF2NO/c15-7-3-1-2-4-8-18-14(19)10-11-5-6-12(16)13(17)9-11/h5-6,9H,1-4,7-8,10H2,(H,18,19). The highest BCUT2D eigenvalue weighted by molar-refractivity contribution is 6.17. The average molecular weight is 290 g/mol. The highest BCUT2D eigenvalue weighted by Crippen LogP contribution is 2.09. The molecule has 0 radical (unpaired) electrons. The third-order valence-electron chi connectivity index (χ3n) is 2.73. The van der Waals surface area contributed by atoms with Crippen LogP contribution in [0.1, 0.15) is 31.2 Å². The van der Waals surface area contributed by atoms with Gasteiger partial charge in [-0.05, 0) is 30.5 Å². The first-order valence-corrected chi connectivity index (χ1v) is 6.93. The molecule has 5 heteroatoms. The number of benzene rings is 1. The number of hydrogen-bond donors (Lipinski definition) is 1. The minimum Gasteiger partial charge on any atom is -0.356 e. The smallest absolute Gasteiger partial charge is 0.224 e. The second kappa shape index (κ2) is 8.86. The van der Waals surface area contributed by atoms with Gasteiger partial charge in [0.1, 0.15) is 0 Å². The molecule has 1 rings (SSSR count). The Kier molecular flexibility index (Phi) is 7.41. The molecule has 0 saturated carbocycles. The second-order valence-electron chi connectivity index (χ2n) is 4.38. The van der Waals surface area contributed by atoms with Gasteiger partial charge in [-0.15, -0.1) is 11.6 Å². The molecule has 1 aromatic carbocycles. The van der Waals surface area contributed by atoms with E-state index in [1.807, 2.05) is 0 Å². The Morgan fingerprint density at radius 2 is 1.84 bits per heavy atom. The van der Waals surface area contributed by atoms with Gasteiger partial charge in [-0.3, -0.25) is 4.79 Å². The van der Waals surface area contributed by atoms with Crippen LogP contribution in [0.2, 0.25) is 0 Å². The van der Waals surface area contributed by atoms with Gasteiger partial charge in [0.2, 0.25) is 5.91 Å². The fourth-order valence-electron chi connectivity index (χ4n) is 1.70. The third kappa shape index (κ3) is 6.53. The Labute approximate surface area is 117 Å². The number of hydrogen-bond acceptors (Lipinski definition) is 1. The van der Waals surface area contributed by atoms with E-state index in [0.717, 1.165) is 37.8 Å². The summed E-state index contributed by atoms with van der Waals surface area (Å²) in [4.78, 5) is 11.5. The largest absolute Gasteiger partial charge is 0.356 e. The second-order valence-corrected chi connectivity index (χ2v) is 4.76. The van der Waals surface area contributed by atoms with E-state index in [1.165, 1.54) is 6.07 Å². The summed E-state index contributed by atoms with van der Waals surface area (Å²) >= 11 is 5.55. The summed E-state index contributed by atoms with van der Waals surface area (Å²) in [5.74, 6) is -1.33. The summed E-state index contributed by atoms with van der Waals surface area (Å²) in [5.41, 5.74) is 0.471. The minimum absolute atomic E-state index is 0.0683. The van der Waals surface area contributed by atoms with Gasteiger partial charge in [0.25, 0.3) is 0 Å². The van der Waals surface area contributed by atoms with E-state index in [4.69, 9.17) is 11.6 Å². The molecule has 1 amide bonds. The van der Waals surface area contributed by atoms with Crippen molar-refractivity contribution in [3.63, 3.8) is 0 Å². The van der Waals surface area contributed by atoms with Crippen LogP contribution in [-0.2, 0) is 11.2 Å². The van der Waals surface area contributed by atoms with E-state index in [2.05, 4.69) is 5.32 Å². The van der Waals surface area contributed by atoms with Crippen molar-refractivity contribution >= 4 is 17.5 Å². The van der Waals surface area contributed by atoms with Crippen LogP contribution < -0.4 is 5.32 Å². The lowest BCUT2D eigenvalue weighted by Gasteiger charge is -2.05. The Bertz CT molecular complexity index is 412. The van der Waals surface area contributed by atoms with Gasteiger partial charge in [-0.25, -0.2) is 8.78 Å². The van der Waals surface area contributed by atoms with Gasteiger partial charge in [0, 0.05) is 12.4 Å². The molecule has 0 atom stereocenters. The molecule has 0 aromatic heterocycles. The number of amides is 1. The average Bonchev–Trinajstić information content (AvgIpc) is 2.38. The van der Waals surface area contributed by atoms with Crippen LogP contribution in [-0.4, -0.2) is 18.3 Å². The molecule has 1 N–H and O–H groups in total. The molecule has 106 valence electrons.